The van der Waals surface area contributed by atoms with Crippen LogP contribution in [0.15, 0.2) is 70.6 Å². The number of primary sulfonamides is 1. The van der Waals surface area contributed by atoms with Gasteiger partial charge in [0.25, 0.3) is 0 Å². The monoisotopic (exact) mass is 358 g/mol. The Hall–Kier alpha value is -2.02. The summed E-state index contributed by atoms with van der Waals surface area (Å²) in [5, 5.41) is 5.16. The molecule has 3 aromatic rings. The third-order valence-electron chi connectivity index (χ3n) is 3.63. The first-order valence-corrected chi connectivity index (χ1v) is 9.72. The molecule has 24 heavy (non-hydrogen) atoms. The minimum atomic E-state index is -3.67. The van der Waals surface area contributed by atoms with Crippen LogP contribution in [-0.4, -0.2) is 12.4 Å². The molecule has 0 aliphatic rings. The Labute approximate surface area is 146 Å². The van der Waals surface area contributed by atoms with E-state index in [0.29, 0.717) is 0 Å². The molecule has 1 heterocycles. The van der Waals surface area contributed by atoms with Gasteiger partial charge in [-0.05, 0) is 67.3 Å². The van der Waals surface area contributed by atoms with Gasteiger partial charge in [0.2, 0.25) is 10.0 Å². The van der Waals surface area contributed by atoms with E-state index in [1.807, 2.05) is 6.92 Å². The highest BCUT2D eigenvalue weighted by Crippen LogP contribution is 2.31. The molecule has 0 spiro atoms. The lowest BCUT2D eigenvalue weighted by Crippen LogP contribution is -2.11. The van der Waals surface area contributed by atoms with E-state index < -0.39 is 10.0 Å². The van der Waals surface area contributed by atoms with Crippen molar-refractivity contribution < 1.29 is 8.42 Å². The molecule has 0 radical (unpaired) electrons. The van der Waals surface area contributed by atoms with Crippen LogP contribution in [0.25, 0.3) is 11.3 Å². The van der Waals surface area contributed by atoms with Gasteiger partial charge in [0.15, 0.2) is 0 Å². The van der Waals surface area contributed by atoms with E-state index in [9.17, 15) is 8.42 Å². The van der Waals surface area contributed by atoms with Crippen LogP contribution in [0.4, 0.5) is 0 Å². The minimum absolute atomic E-state index is 0.118. The lowest BCUT2D eigenvalue weighted by molar-refractivity contribution is 0.598. The van der Waals surface area contributed by atoms with E-state index in [2.05, 4.69) is 47.4 Å². The molecule has 0 saturated carbocycles. The second kappa shape index (κ2) is 6.47. The molecular formula is C18H18N2O2S2. The Bertz CT molecular complexity index is 957. The number of nitrogens with zero attached hydrogens (tertiary/aromatic N) is 1. The van der Waals surface area contributed by atoms with Crippen LogP contribution in [0.3, 0.4) is 0 Å². The fraction of sp³-hybridized carbons (Fsp3) is 0.111. The largest absolute Gasteiger partial charge is 0.287 e. The summed E-state index contributed by atoms with van der Waals surface area (Å²) in [6.45, 7) is 4.10. The fourth-order valence-electron chi connectivity index (χ4n) is 2.39. The summed E-state index contributed by atoms with van der Waals surface area (Å²) in [6, 6.07) is 17.0. The van der Waals surface area contributed by atoms with Gasteiger partial charge in [0.05, 0.1) is 10.6 Å². The zero-order valence-corrected chi connectivity index (χ0v) is 15.1. The lowest BCUT2D eigenvalue weighted by Gasteiger charge is -2.09. The zero-order chi connectivity index (χ0) is 17.3. The van der Waals surface area contributed by atoms with E-state index in [0.717, 1.165) is 21.7 Å². The number of nitrogens with two attached hydrogens (primary N) is 1. The van der Waals surface area contributed by atoms with Crippen molar-refractivity contribution in [3.8, 4) is 11.3 Å². The highest BCUT2D eigenvalue weighted by molar-refractivity contribution is 7.98. The highest BCUT2D eigenvalue weighted by atomic mass is 32.2. The first-order chi connectivity index (χ1) is 11.3. The molecule has 0 fully saturated rings. The van der Waals surface area contributed by atoms with Gasteiger partial charge >= 0.3 is 0 Å². The van der Waals surface area contributed by atoms with Crippen LogP contribution >= 0.6 is 11.9 Å². The van der Waals surface area contributed by atoms with Gasteiger partial charge < -0.3 is 0 Å². The molecule has 0 aliphatic carbocycles. The van der Waals surface area contributed by atoms with Gasteiger partial charge in [-0.15, -0.1) is 0 Å². The number of aromatic nitrogens is 1. The molecule has 0 saturated heterocycles. The number of aryl methyl sites for hydroxylation is 2. The average molecular weight is 358 g/mol. The molecule has 1 aromatic heterocycles. The third kappa shape index (κ3) is 3.72. The van der Waals surface area contributed by atoms with Crippen molar-refractivity contribution in [3.63, 3.8) is 0 Å². The van der Waals surface area contributed by atoms with Gasteiger partial charge in [-0.1, -0.05) is 29.8 Å². The van der Waals surface area contributed by atoms with Crippen molar-refractivity contribution in [3.05, 3.63) is 71.9 Å². The van der Waals surface area contributed by atoms with Gasteiger partial charge in [-0.3, -0.25) is 3.97 Å². The van der Waals surface area contributed by atoms with E-state index in [1.54, 1.807) is 24.1 Å². The molecule has 2 aromatic carbocycles. The Morgan fingerprint density at radius 1 is 0.917 bits per heavy atom. The fourth-order valence-corrected chi connectivity index (χ4v) is 3.86. The number of hydrogen-bond acceptors (Lipinski definition) is 3. The smallest absolute Gasteiger partial charge is 0.238 e. The predicted molar refractivity (Wildman–Crippen MR) is 98.4 cm³/mol. The molecule has 0 atom stereocenters. The molecule has 0 amide bonds. The SMILES string of the molecule is Cc1ccc(Sn2cc(C)cc2-c2ccc(S(N)(=O)=O)cc2)cc1. The van der Waals surface area contributed by atoms with E-state index in [1.165, 1.54) is 17.7 Å². The van der Waals surface area contributed by atoms with E-state index >= 15 is 0 Å². The molecule has 0 bridgehead atoms. The zero-order valence-electron chi connectivity index (χ0n) is 13.4. The predicted octanol–water partition coefficient (Wildman–Crippen LogP) is 3.97. The topological polar surface area (TPSA) is 65.1 Å². The maximum absolute atomic E-state index is 11.4. The van der Waals surface area contributed by atoms with Gasteiger partial charge in [-0.25, -0.2) is 13.6 Å². The molecule has 3 rings (SSSR count). The summed E-state index contributed by atoms with van der Waals surface area (Å²) in [5.41, 5.74) is 4.32. The Balaban J connectivity index is 1.95. The third-order valence-corrected chi connectivity index (χ3v) is 5.54. The van der Waals surface area contributed by atoms with Crippen molar-refractivity contribution in [2.24, 2.45) is 5.14 Å². The maximum Gasteiger partial charge on any atom is 0.238 e. The molecule has 2 N–H and O–H groups in total. The van der Waals surface area contributed by atoms with Crippen LogP contribution in [0.1, 0.15) is 11.1 Å². The molecule has 6 heteroatoms. The van der Waals surface area contributed by atoms with Crippen LogP contribution < -0.4 is 5.14 Å². The van der Waals surface area contributed by atoms with E-state index in [-0.39, 0.29) is 4.90 Å². The normalized spacial score (nSPS) is 11.6. The second-order valence-electron chi connectivity index (χ2n) is 5.70. The Morgan fingerprint density at radius 2 is 1.54 bits per heavy atom. The Morgan fingerprint density at radius 3 is 2.12 bits per heavy atom. The van der Waals surface area contributed by atoms with Crippen LogP contribution in [0.5, 0.6) is 0 Å². The quantitative estimate of drug-likeness (QED) is 0.767. The number of benzene rings is 2. The van der Waals surface area contributed by atoms with Gasteiger partial charge in [0, 0.05) is 11.1 Å². The van der Waals surface area contributed by atoms with Crippen LogP contribution in [-0.2, 0) is 10.0 Å². The standard InChI is InChI=1S/C18H18N2O2S2/c1-13-3-7-16(8-4-13)23-20-12-14(2)11-18(20)15-5-9-17(10-6-15)24(19,21)22/h3-12H,1-2H3,(H2,19,21,22). The summed E-state index contributed by atoms with van der Waals surface area (Å²) in [5.74, 6) is 0. The van der Waals surface area contributed by atoms with Crippen molar-refractivity contribution >= 4 is 22.0 Å². The van der Waals surface area contributed by atoms with Crippen molar-refractivity contribution in [1.29, 1.82) is 0 Å². The van der Waals surface area contributed by atoms with Crippen molar-refractivity contribution in [2.75, 3.05) is 0 Å². The molecule has 0 unspecified atom stereocenters. The second-order valence-corrected chi connectivity index (χ2v) is 8.31. The van der Waals surface area contributed by atoms with Crippen LogP contribution in [0.2, 0.25) is 0 Å². The number of hydrogen-bond donors (Lipinski definition) is 1. The van der Waals surface area contributed by atoms with Gasteiger partial charge in [-0.2, -0.15) is 0 Å². The molecule has 124 valence electrons. The number of sulfonamides is 1. The highest BCUT2D eigenvalue weighted by Gasteiger charge is 2.11. The summed E-state index contributed by atoms with van der Waals surface area (Å²) in [6.07, 6.45) is 2.06. The first kappa shape index (κ1) is 16.8. The van der Waals surface area contributed by atoms with Crippen molar-refractivity contribution in [2.45, 2.75) is 23.6 Å². The molecular weight excluding hydrogens is 340 g/mol. The molecule has 4 nitrogen and oxygen atoms in total. The Kier molecular flexibility index (Phi) is 4.54. The summed E-state index contributed by atoms with van der Waals surface area (Å²) in [7, 11) is -3.67. The minimum Gasteiger partial charge on any atom is -0.287 e. The number of rotatable bonds is 4. The van der Waals surface area contributed by atoms with Gasteiger partial charge in [0.1, 0.15) is 0 Å². The first-order valence-electron chi connectivity index (χ1n) is 7.40. The van der Waals surface area contributed by atoms with Crippen LogP contribution in [0, 0.1) is 13.8 Å². The molecule has 0 aliphatic heterocycles. The van der Waals surface area contributed by atoms with Crippen molar-refractivity contribution in [1.82, 2.24) is 3.97 Å². The van der Waals surface area contributed by atoms with E-state index in [4.69, 9.17) is 5.14 Å². The summed E-state index contributed by atoms with van der Waals surface area (Å²) >= 11 is 1.62. The average Bonchev–Trinajstić information content (AvgIpc) is 2.89. The lowest BCUT2D eigenvalue weighted by atomic mass is 10.1. The summed E-state index contributed by atoms with van der Waals surface area (Å²) < 4.78 is 24.9. The summed E-state index contributed by atoms with van der Waals surface area (Å²) in [4.78, 5) is 1.26. The maximum atomic E-state index is 11.4.